The summed E-state index contributed by atoms with van der Waals surface area (Å²) >= 11 is 0. The Hall–Kier alpha value is -1.55. The molecule has 2 rings (SSSR count). The Balaban J connectivity index is 2.02. The van der Waals surface area contributed by atoms with Crippen molar-refractivity contribution in [3.8, 4) is 0 Å². The molecule has 1 aromatic rings. The van der Waals surface area contributed by atoms with Crippen molar-refractivity contribution in [3.05, 3.63) is 29.6 Å². The molecule has 0 spiro atoms. The molecule has 0 radical (unpaired) electrons. The molecule has 0 bridgehead atoms. The Morgan fingerprint density at radius 3 is 2.64 bits per heavy atom. The van der Waals surface area contributed by atoms with Crippen molar-refractivity contribution >= 4 is 16.1 Å². The van der Waals surface area contributed by atoms with Gasteiger partial charge in [-0.2, -0.15) is 17.0 Å². The first-order chi connectivity index (χ1) is 11.8. The van der Waals surface area contributed by atoms with Crippen LogP contribution in [0.4, 0.5) is 0 Å². The van der Waals surface area contributed by atoms with Crippen molar-refractivity contribution in [3.63, 3.8) is 0 Å². The molecule has 1 amide bonds. The van der Waals surface area contributed by atoms with Crippen LogP contribution in [0.2, 0.25) is 0 Å². The molecule has 0 atom stereocenters. The number of nitrogens with one attached hydrogen (secondary N) is 1. The molecule has 0 aliphatic carbocycles. The first-order valence-electron chi connectivity index (χ1n) is 8.31. The molecule has 8 nitrogen and oxygen atoms in total. The minimum atomic E-state index is -3.56. The number of ether oxygens (including phenoxy) is 1. The molecule has 140 valence electrons. The molecular weight excluding hydrogens is 344 g/mol. The van der Waals surface area contributed by atoms with Crippen LogP contribution in [0, 0.1) is 6.92 Å². The topological polar surface area (TPSA) is 91.8 Å². The van der Waals surface area contributed by atoms with Crippen LogP contribution in [0.3, 0.4) is 0 Å². The first-order valence-corrected chi connectivity index (χ1v) is 9.70. The summed E-state index contributed by atoms with van der Waals surface area (Å²) in [5.74, 6) is -0.250. The number of hydrogen-bond acceptors (Lipinski definition) is 5. The number of pyridine rings is 1. The van der Waals surface area contributed by atoms with Gasteiger partial charge in [0.1, 0.15) is 0 Å². The van der Waals surface area contributed by atoms with Crippen molar-refractivity contribution in [2.24, 2.45) is 0 Å². The maximum Gasteiger partial charge on any atom is 0.281 e. The van der Waals surface area contributed by atoms with E-state index in [9.17, 15) is 13.2 Å². The van der Waals surface area contributed by atoms with Crippen molar-refractivity contribution < 1.29 is 17.9 Å². The number of aryl methyl sites for hydroxylation is 1. The molecule has 9 heteroatoms. The smallest absolute Gasteiger partial charge is 0.281 e. The summed E-state index contributed by atoms with van der Waals surface area (Å²) in [5.41, 5.74) is 1.14. The molecule has 1 aliphatic rings. The molecule has 0 saturated carbocycles. The zero-order chi connectivity index (χ0) is 18.4. The maximum absolute atomic E-state index is 12.6. The number of amides is 1. The molecule has 2 heterocycles. The summed E-state index contributed by atoms with van der Waals surface area (Å²) < 4.78 is 33.2. The van der Waals surface area contributed by atoms with Gasteiger partial charge in [0.25, 0.3) is 16.1 Å². The van der Waals surface area contributed by atoms with Crippen LogP contribution in [0.5, 0.6) is 0 Å². The van der Waals surface area contributed by atoms with Gasteiger partial charge < -0.3 is 10.1 Å². The molecule has 1 saturated heterocycles. The van der Waals surface area contributed by atoms with E-state index in [1.165, 1.54) is 22.7 Å². The number of carbonyl (C=O) groups excluding carboxylic acids is 1. The van der Waals surface area contributed by atoms with E-state index in [2.05, 4.69) is 10.3 Å². The first kappa shape index (κ1) is 19.8. The summed E-state index contributed by atoms with van der Waals surface area (Å²) in [6, 6.07) is 3.29. The normalized spacial score (nSPS) is 16.4. The van der Waals surface area contributed by atoms with Crippen molar-refractivity contribution in [2.45, 2.75) is 25.8 Å². The van der Waals surface area contributed by atoms with E-state index in [1.807, 2.05) is 0 Å². The van der Waals surface area contributed by atoms with Gasteiger partial charge in [-0.3, -0.25) is 9.78 Å². The van der Waals surface area contributed by atoms with Crippen LogP contribution in [0.1, 0.15) is 28.9 Å². The van der Waals surface area contributed by atoms with Gasteiger partial charge in [0.2, 0.25) is 0 Å². The fourth-order valence-electron chi connectivity index (χ4n) is 2.77. The van der Waals surface area contributed by atoms with Gasteiger partial charge in [-0.15, -0.1) is 0 Å². The number of hydrogen-bond donors (Lipinski definition) is 1. The highest BCUT2D eigenvalue weighted by Gasteiger charge is 2.32. The molecule has 1 fully saturated rings. The Morgan fingerprint density at radius 2 is 2.04 bits per heavy atom. The molecular formula is C16H26N4O4S. The van der Waals surface area contributed by atoms with E-state index in [4.69, 9.17) is 4.74 Å². The Morgan fingerprint density at radius 1 is 1.36 bits per heavy atom. The highest BCUT2D eigenvalue weighted by Crippen LogP contribution is 2.19. The van der Waals surface area contributed by atoms with Crippen LogP contribution in [-0.4, -0.2) is 74.4 Å². The van der Waals surface area contributed by atoms with Crippen LogP contribution >= 0.6 is 0 Å². The second-order valence-electron chi connectivity index (χ2n) is 6.14. The van der Waals surface area contributed by atoms with Gasteiger partial charge in [-0.05, 0) is 31.9 Å². The second-order valence-corrected chi connectivity index (χ2v) is 8.23. The summed E-state index contributed by atoms with van der Waals surface area (Å²) in [5, 5.41) is 2.79. The van der Waals surface area contributed by atoms with Gasteiger partial charge >= 0.3 is 0 Å². The number of carbonyl (C=O) groups is 1. The van der Waals surface area contributed by atoms with Gasteiger partial charge in [0.05, 0.1) is 5.56 Å². The van der Waals surface area contributed by atoms with Crippen molar-refractivity contribution in [1.82, 2.24) is 18.9 Å². The Bertz CT molecular complexity index is 687. The van der Waals surface area contributed by atoms with E-state index in [0.717, 1.165) is 0 Å². The lowest BCUT2D eigenvalue weighted by molar-refractivity contribution is 0.0571. The fraction of sp³-hybridized carbons (Fsp3) is 0.625. The highest BCUT2D eigenvalue weighted by molar-refractivity contribution is 7.86. The van der Waals surface area contributed by atoms with E-state index in [1.54, 1.807) is 25.3 Å². The van der Waals surface area contributed by atoms with Gasteiger partial charge in [0, 0.05) is 58.3 Å². The lowest BCUT2D eigenvalue weighted by Gasteiger charge is -2.34. The van der Waals surface area contributed by atoms with E-state index in [-0.39, 0.29) is 25.0 Å². The lowest BCUT2D eigenvalue weighted by Crippen LogP contribution is -2.50. The van der Waals surface area contributed by atoms with Gasteiger partial charge in [0.15, 0.2) is 0 Å². The average molecular weight is 370 g/mol. The van der Waals surface area contributed by atoms with Crippen molar-refractivity contribution in [2.75, 3.05) is 40.4 Å². The zero-order valence-electron chi connectivity index (χ0n) is 14.9. The molecule has 1 N–H and O–H groups in total. The molecule has 0 aromatic carbocycles. The van der Waals surface area contributed by atoms with E-state index >= 15 is 0 Å². The minimum Gasteiger partial charge on any atom is -0.381 e. The maximum atomic E-state index is 12.6. The van der Waals surface area contributed by atoms with Gasteiger partial charge in [-0.1, -0.05) is 0 Å². The molecule has 1 aromatic heterocycles. The second kappa shape index (κ2) is 8.70. The van der Waals surface area contributed by atoms with Crippen LogP contribution in [0.15, 0.2) is 18.3 Å². The van der Waals surface area contributed by atoms with E-state index < -0.39 is 10.2 Å². The summed E-state index contributed by atoms with van der Waals surface area (Å²) in [4.78, 5) is 16.3. The molecule has 25 heavy (non-hydrogen) atoms. The monoisotopic (exact) mass is 370 g/mol. The number of nitrogens with zero attached hydrogens (tertiary/aromatic N) is 3. The third-order valence-corrected chi connectivity index (χ3v) is 6.22. The fourth-order valence-corrected chi connectivity index (χ4v) is 4.10. The van der Waals surface area contributed by atoms with Crippen molar-refractivity contribution in [1.29, 1.82) is 0 Å². The molecule has 1 aliphatic heterocycles. The Labute approximate surface area is 149 Å². The lowest BCUT2D eigenvalue weighted by atomic mass is 10.1. The van der Waals surface area contributed by atoms with Crippen LogP contribution < -0.4 is 5.32 Å². The Kier molecular flexibility index (Phi) is 6.88. The van der Waals surface area contributed by atoms with Crippen LogP contribution in [0.25, 0.3) is 0 Å². The summed E-state index contributed by atoms with van der Waals surface area (Å²) in [6.45, 7) is 3.31. The third-order valence-electron chi connectivity index (χ3n) is 4.23. The van der Waals surface area contributed by atoms with Gasteiger partial charge in [-0.25, -0.2) is 0 Å². The number of rotatable bonds is 7. The average Bonchev–Trinajstić information content (AvgIpc) is 2.59. The SMILES string of the molecule is Cc1ncccc1C(=O)NCCN(C1CCOCC1)S(=O)(=O)N(C)C. The standard InChI is InChI=1S/C16H26N4O4S/c1-13-15(5-4-8-17-13)16(21)18-9-10-20(25(22,23)19(2)3)14-6-11-24-12-7-14/h4-5,8,14H,6-7,9-12H2,1-3H3,(H,18,21). The predicted molar refractivity (Wildman–Crippen MR) is 94.5 cm³/mol. The highest BCUT2D eigenvalue weighted by atomic mass is 32.2. The number of aromatic nitrogens is 1. The zero-order valence-corrected chi connectivity index (χ0v) is 15.8. The van der Waals surface area contributed by atoms with E-state index in [0.29, 0.717) is 37.3 Å². The third kappa shape index (κ3) is 4.97. The van der Waals surface area contributed by atoms with Crippen LogP contribution in [-0.2, 0) is 14.9 Å². The summed E-state index contributed by atoms with van der Waals surface area (Å²) in [7, 11) is -0.536. The summed E-state index contributed by atoms with van der Waals surface area (Å²) in [6.07, 6.45) is 2.94. The largest absolute Gasteiger partial charge is 0.381 e. The quantitative estimate of drug-likeness (QED) is 0.750. The molecule has 0 unspecified atom stereocenters. The minimum absolute atomic E-state index is 0.113. The predicted octanol–water partition coefficient (Wildman–Crippen LogP) is 0.407.